The predicted octanol–water partition coefficient (Wildman–Crippen LogP) is 4.22. The average molecular weight is 339 g/mol. The molecular weight excluding hydrogens is 312 g/mol. The summed E-state index contributed by atoms with van der Waals surface area (Å²) in [6.07, 6.45) is 3.92. The minimum Gasteiger partial charge on any atom is -0.310 e. The maximum Gasteiger partial charge on any atom is 0.0332 e. The van der Waals surface area contributed by atoms with Crippen LogP contribution in [0.1, 0.15) is 44.7 Å². The third-order valence-electron chi connectivity index (χ3n) is 4.38. The van der Waals surface area contributed by atoms with Crippen molar-refractivity contribution in [2.75, 3.05) is 26.2 Å². The molecule has 0 radical (unpaired) electrons. The Balaban J connectivity index is 1.89. The quantitative estimate of drug-likeness (QED) is 0.800. The van der Waals surface area contributed by atoms with Gasteiger partial charge in [-0.1, -0.05) is 48.3 Å². The van der Waals surface area contributed by atoms with Gasteiger partial charge in [-0.25, -0.2) is 0 Å². The maximum atomic E-state index is 3.63. The molecular formula is C17H27BrN2. The predicted molar refractivity (Wildman–Crippen MR) is 90.0 cm³/mol. The highest BCUT2D eigenvalue weighted by Crippen LogP contribution is 2.24. The normalized spacial score (nSPS) is 21.2. The smallest absolute Gasteiger partial charge is 0.0332 e. The van der Waals surface area contributed by atoms with Gasteiger partial charge in [-0.15, -0.1) is 0 Å². The zero-order chi connectivity index (χ0) is 14.4. The van der Waals surface area contributed by atoms with Crippen LogP contribution in [0.4, 0.5) is 0 Å². The van der Waals surface area contributed by atoms with E-state index in [1.165, 1.54) is 48.9 Å². The second kappa shape index (κ2) is 8.16. The fourth-order valence-corrected chi connectivity index (χ4v) is 3.53. The maximum absolute atomic E-state index is 3.63. The van der Waals surface area contributed by atoms with Crippen LogP contribution in [-0.2, 0) is 0 Å². The molecule has 2 atom stereocenters. The largest absolute Gasteiger partial charge is 0.310 e. The number of hydrogen-bond acceptors (Lipinski definition) is 2. The summed E-state index contributed by atoms with van der Waals surface area (Å²) in [5.41, 5.74) is 1.40. The van der Waals surface area contributed by atoms with Crippen molar-refractivity contribution in [3.05, 3.63) is 34.3 Å². The van der Waals surface area contributed by atoms with Crippen molar-refractivity contribution in [2.45, 2.75) is 39.2 Å². The molecule has 20 heavy (non-hydrogen) atoms. The van der Waals surface area contributed by atoms with E-state index in [1.54, 1.807) is 0 Å². The molecule has 2 nitrogen and oxygen atoms in total. The highest BCUT2D eigenvalue weighted by Gasteiger charge is 2.21. The van der Waals surface area contributed by atoms with Crippen LogP contribution in [0.3, 0.4) is 0 Å². The van der Waals surface area contributed by atoms with Crippen LogP contribution in [0.25, 0.3) is 0 Å². The molecule has 1 aromatic carbocycles. The van der Waals surface area contributed by atoms with Gasteiger partial charge in [-0.05, 0) is 56.1 Å². The van der Waals surface area contributed by atoms with Crippen LogP contribution in [0.15, 0.2) is 28.7 Å². The van der Waals surface area contributed by atoms with Crippen LogP contribution < -0.4 is 5.32 Å². The van der Waals surface area contributed by atoms with Crippen LogP contribution in [-0.4, -0.2) is 31.1 Å². The number of benzene rings is 1. The lowest BCUT2D eigenvalue weighted by Crippen LogP contribution is -2.28. The number of rotatable bonds is 7. The van der Waals surface area contributed by atoms with Crippen molar-refractivity contribution in [1.29, 1.82) is 0 Å². The Morgan fingerprint density at radius 3 is 2.90 bits per heavy atom. The van der Waals surface area contributed by atoms with E-state index >= 15 is 0 Å². The second-order valence-corrected chi connectivity index (χ2v) is 6.73. The Morgan fingerprint density at radius 2 is 2.25 bits per heavy atom. The Bertz CT molecular complexity index is 408. The molecule has 112 valence electrons. The molecule has 3 heteroatoms. The van der Waals surface area contributed by atoms with E-state index in [0.29, 0.717) is 6.04 Å². The van der Waals surface area contributed by atoms with Gasteiger partial charge in [0.05, 0.1) is 0 Å². The first kappa shape index (κ1) is 16.0. The summed E-state index contributed by atoms with van der Waals surface area (Å²) in [6.45, 7) is 9.32. The minimum absolute atomic E-state index is 0.471. The number of likely N-dealkylation sites (tertiary alicyclic amines) is 1. The molecule has 0 bridgehead atoms. The number of nitrogens with one attached hydrogen (secondary N) is 1. The van der Waals surface area contributed by atoms with Crippen molar-refractivity contribution < 1.29 is 0 Å². The molecule has 1 fully saturated rings. The first-order valence-corrected chi connectivity index (χ1v) is 8.73. The topological polar surface area (TPSA) is 15.3 Å². The third-order valence-corrected chi connectivity index (χ3v) is 4.88. The van der Waals surface area contributed by atoms with E-state index in [-0.39, 0.29) is 0 Å². The zero-order valence-electron chi connectivity index (χ0n) is 12.7. The van der Waals surface area contributed by atoms with Crippen LogP contribution in [0.5, 0.6) is 0 Å². The summed E-state index contributed by atoms with van der Waals surface area (Å²) in [5, 5.41) is 3.63. The van der Waals surface area contributed by atoms with E-state index in [2.05, 4.69) is 64.3 Å². The fourth-order valence-electron chi connectivity index (χ4n) is 3.12. The molecule has 1 N–H and O–H groups in total. The standard InChI is InChI=1S/C17H27BrN2/c1-3-14-8-10-20(13-14)11-9-17(19-4-2)15-6-5-7-16(18)12-15/h5-7,12,14,17,19H,3-4,8-11,13H2,1-2H3. The Labute approximate surface area is 132 Å². The van der Waals surface area contributed by atoms with Gasteiger partial charge in [0.15, 0.2) is 0 Å². The average Bonchev–Trinajstić information content (AvgIpc) is 2.91. The molecule has 1 aliphatic rings. The first-order chi connectivity index (χ1) is 9.72. The summed E-state index contributed by atoms with van der Waals surface area (Å²) in [6, 6.07) is 9.17. The summed E-state index contributed by atoms with van der Waals surface area (Å²) < 4.78 is 1.17. The van der Waals surface area contributed by atoms with Gasteiger partial charge in [-0.2, -0.15) is 0 Å². The monoisotopic (exact) mass is 338 g/mol. The lowest BCUT2D eigenvalue weighted by molar-refractivity contribution is 0.299. The van der Waals surface area contributed by atoms with Crippen LogP contribution in [0, 0.1) is 5.92 Å². The molecule has 0 spiro atoms. The van der Waals surface area contributed by atoms with Gasteiger partial charge < -0.3 is 10.2 Å². The lowest BCUT2D eigenvalue weighted by Gasteiger charge is -2.22. The Morgan fingerprint density at radius 1 is 1.40 bits per heavy atom. The molecule has 0 aliphatic carbocycles. The fraction of sp³-hybridized carbons (Fsp3) is 0.647. The molecule has 0 amide bonds. The number of halogens is 1. The summed E-state index contributed by atoms with van der Waals surface area (Å²) >= 11 is 3.58. The van der Waals surface area contributed by atoms with E-state index in [1.807, 2.05) is 0 Å². The molecule has 2 rings (SSSR count). The molecule has 1 saturated heterocycles. The van der Waals surface area contributed by atoms with Crippen molar-refractivity contribution in [3.8, 4) is 0 Å². The molecule has 2 unspecified atom stereocenters. The molecule has 1 aromatic rings. The second-order valence-electron chi connectivity index (χ2n) is 5.82. The van der Waals surface area contributed by atoms with Crippen molar-refractivity contribution in [1.82, 2.24) is 10.2 Å². The SMILES string of the molecule is CCNC(CCN1CCC(CC)C1)c1cccc(Br)c1. The van der Waals surface area contributed by atoms with Crippen LogP contribution in [0.2, 0.25) is 0 Å². The summed E-state index contributed by atoms with van der Waals surface area (Å²) in [7, 11) is 0. The molecule has 0 aromatic heterocycles. The van der Waals surface area contributed by atoms with Crippen molar-refractivity contribution in [2.24, 2.45) is 5.92 Å². The van der Waals surface area contributed by atoms with E-state index in [0.717, 1.165) is 12.5 Å². The van der Waals surface area contributed by atoms with Crippen molar-refractivity contribution in [3.63, 3.8) is 0 Å². The Hall–Kier alpha value is -0.380. The zero-order valence-corrected chi connectivity index (χ0v) is 14.3. The lowest BCUT2D eigenvalue weighted by atomic mass is 10.0. The molecule has 1 aliphatic heterocycles. The van der Waals surface area contributed by atoms with Gasteiger partial charge >= 0.3 is 0 Å². The van der Waals surface area contributed by atoms with Gasteiger partial charge in [0.1, 0.15) is 0 Å². The van der Waals surface area contributed by atoms with Gasteiger partial charge in [0.25, 0.3) is 0 Å². The summed E-state index contributed by atoms with van der Waals surface area (Å²) in [4.78, 5) is 2.64. The van der Waals surface area contributed by atoms with Crippen molar-refractivity contribution >= 4 is 15.9 Å². The highest BCUT2D eigenvalue weighted by molar-refractivity contribution is 9.10. The minimum atomic E-state index is 0.471. The Kier molecular flexibility index (Phi) is 6.53. The summed E-state index contributed by atoms with van der Waals surface area (Å²) in [5.74, 6) is 0.929. The van der Waals surface area contributed by atoms with Gasteiger partial charge in [0.2, 0.25) is 0 Å². The first-order valence-electron chi connectivity index (χ1n) is 7.94. The van der Waals surface area contributed by atoms with Gasteiger partial charge in [-0.3, -0.25) is 0 Å². The van der Waals surface area contributed by atoms with E-state index in [9.17, 15) is 0 Å². The van der Waals surface area contributed by atoms with Gasteiger partial charge in [0, 0.05) is 17.1 Å². The number of nitrogens with zero attached hydrogens (tertiary/aromatic N) is 1. The van der Waals surface area contributed by atoms with E-state index in [4.69, 9.17) is 0 Å². The number of hydrogen-bond donors (Lipinski definition) is 1. The van der Waals surface area contributed by atoms with E-state index < -0.39 is 0 Å². The molecule has 0 saturated carbocycles. The molecule has 1 heterocycles. The van der Waals surface area contributed by atoms with Crippen LogP contribution >= 0.6 is 15.9 Å². The highest BCUT2D eigenvalue weighted by atomic mass is 79.9. The third kappa shape index (κ3) is 4.57.